The minimum Gasteiger partial charge on any atom is -0.341 e. The molecule has 2 aromatic rings. The molecule has 3 amide bonds. The number of rotatable bonds is 7. The maximum atomic E-state index is 12.5. The lowest BCUT2D eigenvalue weighted by Gasteiger charge is -2.19. The van der Waals surface area contributed by atoms with E-state index in [2.05, 4.69) is 29.7 Å². The first-order valence-corrected chi connectivity index (χ1v) is 8.56. The molecule has 132 valence electrons. The summed E-state index contributed by atoms with van der Waals surface area (Å²) in [6.45, 7) is 2.10. The molecule has 25 heavy (non-hydrogen) atoms. The zero-order chi connectivity index (χ0) is 18.1. The molecule has 0 fully saturated rings. The number of nitrogens with one attached hydrogen (secondary N) is 2. The number of amides is 3. The highest BCUT2D eigenvalue weighted by molar-refractivity contribution is 5.96. The van der Waals surface area contributed by atoms with Crippen LogP contribution in [0.2, 0.25) is 0 Å². The molecule has 0 bridgehead atoms. The fraction of sp³-hybridized carbons (Fsp3) is 0.300. The van der Waals surface area contributed by atoms with Crippen LogP contribution in [-0.4, -0.2) is 25.0 Å². The third-order valence-electron chi connectivity index (χ3n) is 4.16. The molecule has 0 saturated carbocycles. The summed E-state index contributed by atoms with van der Waals surface area (Å²) in [5.74, 6) is -0.308. The maximum Gasteiger partial charge on any atom is 0.321 e. The Kier molecular flexibility index (Phi) is 7.16. The van der Waals surface area contributed by atoms with Crippen LogP contribution in [0.5, 0.6) is 0 Å². The van der Waals surface area contributed by atoms with Crippen LogP contribution < -0.4 is 16.0 Å². The van der Waals surface area contributed by atoms with Gasteiger partial charge in [0.25, 0.3) is 5.91 Å². The van der Waals surface area contributed by atoms with Crippen molar-refractivity contribution in [3.63, 3.8) is 0 Å². The van der Waals surface area contributed by atoms with Crippen LogP contribution in [-0.2, 0) is 11.2 Å². The fourth-order valence-electron chi connectivity index (χ4n) is 2.73. The van der Waals surface area contributed by atoms with E-state index in [4.69, 9.17) is 0 Å². The monoisotopic (exact) mass is 340 g/mol. The second-order valence-corrected chi connectivity index (χ2v) is 6.15. The van der Waals surface area contributed by atoms with Crippen molar-refractivity contribution in [2.24, 2.45) is 0 Å². The molecular formula is C20H26N3O2+. The second kappa shape index (κ2) is 9.59. The lowest BCUT2D eigenvalue weighted by molar-refractivity contribution is -0.713. The number of carbonyl (C=O) groups is 2. The highest BCUT2D eigenvalue weighted by Crippen LogP contribution is 2.10. The van der Waals surface area contributed by atoms with E-state index in [1.165, 1.54) is 12.6 Å². The zero-order valence-electron chi connectivity index (χ0n) is 14.7. The fourth-order valence-corrected chi connectivity index (χ4v) is 2.73. The predicted molar refractivity (Wildman–Crippen MR) is 97.9 cm³/mol. The number of imide groups is 1. The van der Waals surface area contributed by atoms with Gasteiger partial charge in [0.05, 0.1) is 6.04 Å². The lowest BCUT2D eigenvalue weighted by atomic mass is 10.0. The van der Waals surface area contributed by atoms with Crippen LogP contribution >= 0.6 is 0 Å². The molecule has 5 nitrogen and oxygen atoms in total. The van der Waals surface area contributed by atoms with Gasteiger partial charge in [0, 0.05) is 19.0 Å². The standard InChI is InChI=1S/C20H25N3O2/c1-15(13-14-16-9-5-3-6-10-16)22-18(17-11-7-4-8-12-17)19(24)23-20(25)21-2/h3-12,15,18,22H,13-14H2,1-2H3,(H2,21,23,24,25)/p+1/t15-,18+/m1/s1. The van der Waals surface area contributed by atoms with Gasteiger partial charge in [0.1, 0.15) is 0 Å². The van der Waals surface area contributed by atoms with Crippen molar-refractivity contribution in [1.29, 1.82) is 0 Å². The van der Waals surface area contributed by atoms with Gasteiger partial charge in [-0.2, -0.15) is 0 Å². The number of aryl methyl sites for hydroxylation is 1. The summed E-state index contributed by atoms with van der Waals surface area (Å²) in [6.07, 6.45) is 1.90. The van der Waals surface area contributed by atoms with Crippen LogP contribution in [0.4, 0.5) is 4.79 Å². The van der Waals surface area contributed by atoms with Gasteiger partial charge in [-0.05, 0) is 18.9 Å². The first-order valence-electron chi connectivity index (χ1n) is 8.56. The Hall–Kier alpha value is -2.66. The van der Waals surface area contributed by atoms with Crippen LogP contribution in [0.1, 0.15) is 30.5 Å². The molecule has 0 aromatic heterocycles. The van der Waals surface area contributed by atoms with Gasteiger partial charge in [-0.3, -0.25) is 10.1 Å². The average Bonchev–Trinajstić information content (AvgIpc) is 2.65. The zero-order valence-corrected chi connectivity index (χ0v) is 14.7. The molecule has 0 aliphatic rings. The molecule has 2 aromatic carbocycles. The Balaban J connectivity index is 2.02. The Morgan fingerprint density at radius 2 is 1.60 bits per heavy atom. The molecule has 2 rings (SSSR count). The van der Waals surface area contributed by atoms with Crippen LogP contribution in [0.15, 0.2) is 60.7 Å². The molecule has 0 aliphatic carbocycles. The number of urea groups is 1. The molecule has 0 unspecified atom stereocenters. The maximum absolute atomic E-state index is 12.5. The molecule has 0 spiro atoms. The van der Waals surface area contributed by atoms with E-state index in [-0.39, 0.29) is 11.9 Å². The van der Waals surface area contributed by atoms with E-state index in [0.717, 1.165) is 18.4 Å². The molecule has 0 radical (unpaired) electrons. The summed E-state index contributed by atoms with van der Waals surface area (Å²) >= 11 is 0. The average molecular weight is 340 g/mol. The minimum absolute atomic E-state index is 0.237. The largest absolute Gasteiger partial charge is 0.341 e. The molecule has 0 heterocycles. The van der Waals surface area contributed by atoms with Gasteiger partial charge >= 0.3 is 6.03 Å². The van der Waals surface area contributed by atoms with Crippen LogP contribution in [0.25, 0.3) is 0 Å². The molecule has 4 N–H and O–H groups in total. The summed E-state index contributed by atoms with van der Waals surface area (Å²) in [5, 5.41) is 6.83. The Labute approximate surface area is 148 Å². The molecule has 0 saturated heterocycles. The van der Waals surface area contributed by atoms with Gasteiger partial charge in [-0.15, -0.1) is 0 Å². The third kappa shape index (κ3) is 6.04. The molecule has 0 aliphatic heterocycles. The number of nitrogens with two attached hydrogens (primary N) is 1. The summed E-state index contributed by atoms with van der Waals surface area (Å²) in [4.78, 5) is 24.0. The van der Waals surface area contributed by atoms with E-state index < -0.39 is 12.1 Å². The number of hydrogen-bond donors (Lipinski definition) is 3. The van der Waals surface area contributed by atoms with Gasteiger partial charge in [-0.1, -0.05) is 60.7 Å². The first-order chi connectivity index (χ1) is 12.1. The van der Waals surface area contributed by atoms with E-state index >= 15 is 0 Å². The van der Waals surface area contributed by atoms with E-state index in [1.54, 1.807) is 0 Å². The highest BCUT2D eigenvalue weighted by atomic mass is 16.2. The summed E-state index contributed by atoms with van der Waals surface area (Å²) < 4.78 is 0. The first kappa shape index (κ1) is 18.7. The number of carbonyl (C=O) groups excluding carboxylic acids is 2. The van der Waals surface area contributed by atoms with Crippen molar-refractivity contribution in [3.05, 3.63) is 71.8 Å². The number of benzene rings is 2. The van der Waals surface area contributed by atoms with E-state index in [0.29, 0.717) is 0 Å². The highest BCUT2D eigenvalue weighted by Gasteiger charge is 2.27. The summed E-state index contributed by atoms with van der Waals surface area (Å²) in [5.41, 5.74) is 2.17. The Bertz CT molecular complexity index is 674. The minimum atomic E-state index is -0.490. The van der Waals surface area contributed by atoms with Crippen molar-refractivity contribution in [3.8, 4) is 0 Å². The van der Waals surface area contributed by atoms with Gasteiger partial charge in [0.2, 0.25) is 0 Å². The van der Waals surface area contributed by atoms with Crippen molar-refractivity contribution >= 4 is 11.9 Å². The summed E-state index contributed by atoms with van der Waals surface area (Å²) in [6, 6.07) is 19.1. The SMILES string of the molecule is CNC(=O)NC(=O)[C@@H]([NH2+][C@H](C)CCc1ccccc1)c1ccccc1. The van der Waals surface area contributed by atoms with Crippen molar-refractivity contribution < 1.29 is 14.9 Å². The second-order valence-electron chi connectivity index (χ2n) is 6.15. The van der Waals surface area contributed by atoms with Crippen molar-refractivity contribution in [2.45, 2.75) is 31.8 Å². The van der Waals surface area contributed by atoms with Crippen LogP contribution in [0, 0.1) is 0 Å². The smallest absolute Gasteiger partial charge is 0.321 e. The third-order valence-corrected chi connectivity index (χ3v) is 4.16. The normalized spacial score (nSPS) is 12.9. The Morgan fingerprint density at radius 3 is 2.20 bits per heavy atom. The molecule has 2 atom stereocenters. The lowest BCUT2D eigenvalue weighted by Crippen LogP contribution is -2.92. The van der Waals surface area contributed by atoms with Crippen molar-refractivity contribution in [2.75, 3.05) is 7.05 Å². The Morgan fingerprint density at radius 1 is 1.00 bits per heavy atom. The van der Waals surface area contributed by atoms with Crippen LogP contribution in [0.3, 0.4) is 0 Å². The quantitative estimate of drug-likeness (QED) is 0.718. The van der Waals surface area contributed by atoms with Gasteiger partial charge in [-0.25, -0.2) is 4.79 Å². The topological polar surface area (TPSA) is 74.8 Å². The summed E-state index contributed by atoms with van der Waals surface area (Å²) in [7, 11) is 1.49. The molecular weight excluding hydrogens is 314 g/mol. The van der Waals surface area contributed by atoms with Gasteiger partial charge in [0.15, 0.2) is 6.04 Å². The predicted octanol–water partition coefficient (Wildman–Crippen LogP) is 1.77. The number of hydrogen-bond acceptors (Lipinski definition) is 2. The molecule has 5 heteroatoms. The van der Waals surface area contributed by atoms with E-state index in [9.17, 15) is 9.59 Å². The van der Waals surface area contributed by atoms with E-state index in [1.807, 2.05) is 53.8 Å². The van der Waals surface area contributed by atoms with Gasteiger partial charge < -0.3 is 10.6 Å². The number of quaternary nitrogens is 1. The van der Waals surface area contributed by atoms with Crippen molar-refractivity contribution in [1.82, 2.24) is 10.6 Å².